The normalized spacial score (nSPS) is 18.6. The summed E-state index contributed by atoms with van der Waals surface area (Å²) in [7, 11) is 0. The van der Waals surface area contributed by atoms with Crippen molar-refractivity contribution in [2.75, 3.05) is 9.80 Å². The summed E-state index contributed by atoms with van der Waals surface area (Å²) in [4.78, 5) is 5.35. The second kappa shape index (κ2) is 13.0. The second-order valence-corrected chi connectivity index (χ2v) is 23.1. The van der Waals surface area contributed by atoms with Crippen LogP contribution in [0.1, 0.15) is 140 Å². The minimum atomic E-state index is 0.00395. The van der Waals surface area contributed by atoms with Crippen molar-refractivity contribution in [1.82, 2.24) is 0 Å². The number of aryl methyl sites for hydroxylation is 3. The summed E-state index contributed by atoms with van der Waals surface area (Å²) < 4.78 is 0. The first-order valence-corrected chi connectivity index (χ1v) is 23.0. The molecular formula is C58H65BN2. The fraction of sp³-hybridized carbons (Fsp3) is 0.379. The summed E-state index contributed by atoms with van der Waals surface area (Å²) in [6.07, 6.45) is 3.51. The Labute approximate surface area is 367 Å². The van der Waals surface area contributed by atoms with Gasteiger partial charge in [0.15, 0.2) is 0 Å². The van der Waals surface area contributed by atoms with E-state index in [-0.39, 0.29) is 33.8 Å². The highest BCUT2D eigenvalue weighted by Gasteiger charge is 2.48. The van der Waals surface area contributed by atoms with Gasteiger partial charge in [0.1, 0.15) is 0 Å². The zero-order valence-electron chi connectivity index (χ0n) is 39.4. The molecule has 0 bridgehead atoms. The predicted octanol–water partition coefficient (Wildman–Crippen LogP) is 14.0. The molecule has 0 amide bonds. The number of hydrogen-bond donors (Lipinski definition) is 0. The van der Waals surface area contributed by atoms with Crippen LogP contribution in [0, 0.1) is 20.8 Å². The lowest BCUT2D eigenvalue weighted by molar-refractivity contribution is 0.332. The molecular weight excluding hydrogens is 735 g/mol. The standard InChI is InChI=1S/C58H65BN2/c1-35-20-22-45-49(26-35)61(48-32-44-41(29-37(48)3)57(11,12)34-58(44,13)14)52-28-36(2)27-51-53(52)59(45)46-31-42-43(56(9,10)25-24-55(42,7)8)33-50(46)60(51)47-23-21-39(54(4,5)6)30-40(47)38-18-16-15-17-19-38/h15-23,26-33H,24-25,34H2,1-14H3. The molecule has 0 fully saturated rings. The lowest BCUT2D eigenvalue weighted by atomic mass is 9.33. The Morgan fingerprint density at radius 3 is 1.66 bits per heavy atom. The largest absolute Gasteiger partial charge is 0.311 e. The lowest BCUT2D eigenvalue weighted by Crippen LogP contribution is -2.62. The van der Waals surface area contributed by atoms with E-state index in [4.69, 9.17) is 0 Å². The molecule has 0 aromatic heterocycles. The molecule has 0 spiro atoms. The molecule has 0 atom stereocenters. The van der Waals surface area contributed by atoms with Crippen LogP contribution in [-0.2, 0) is 27.1 Å². The van der Waals surface area contributed by atoms with E-state index in [0.29, 0.717) is 0 Å². The highest BCUT2D eigenvalue weighted by atomic mass is 15.2. The van der Waals surface area contributed by atoms with Crippen LogP contribution in [0.15, 0.2) is 103 Å². The van der Waals surface area contributed by atoms with E-state index in [9.17, 15) is 0 Å². The van der Waals surface area contributed by atoms with Crippen LogP contribution in [0.5, 0.6) is 0 Å². The number of anilines is 6. The summed E-state index contributed by atoms with van der Waals surface area (Å²) in [5.74, 6) is 0. The molecule has 6 aromatic carbocycles. The van der Waals surface area contributed by atoms with E-state index in [2.05, 4.69) is 210 Å². The summed E-state index contributed by atoms with van der Waals surface area (Å²) in [6, 6.07) is 41.1. The number of hydrogen-bond acceptors (Lipinski definition) is 2. The zero-order chi connectivity index (χ0) is 43.3. The average molecular weight is 801 g/mol. The molecule has 61 heavy (non-hydrogen) atoms. The van der Waals surface area contributed by atoms with Crippen LogP contribution in [-0.4, -0.2) is 6.71 Å². The van der Waals surface area contributed by atoms with Gasteiger partial charge in [-0.05, 0) is 176 Å². The minimum absolute atomic E-state index is 0.00395. The molecule has 2 aliphatic carbocycles. The quantitative estimate of drug-likeness (QED) is 0.164. The van der Waals surface area contributed by atoms with Crippen molar-refractivity contribution in [1.29, 1.82) is 0 Å². The highest BCUT2D eigenvalue weighted by molar-refractivity contribution is 7.00. The van der Waals surface area contributed by atoms with Crippen LogP contribution in [0.4, 0.5) is 34.1 Å². The Balaban J connectivity index is 1.34. The maximum absolute atomic E-state index is 2.68. The molecule has 0 saturated heterocycles. The smallest absolute Gasteiger partial charge is 0.252 e. The van der Waals surface area contributed by atoms with Gasteiger partial charge < -0.3 is 9.80 Å². The van der Waals surface area contributed by atoms with Gasteiger partial charge in [-0.1, -0.05) is 137 Å². The van der Waals surface area contributed by atoms with Crippen LogP contribution in [0.25, 0.3) is 11.1 Å². The second-order valence-electron chi connectivity index (χ2n) is 23.1. The molecule has 2 heterocycles. The first-order chi connectivity index (χ1) is 28.6. The van der Waals surface area contributed by atoms with Crippen LogP contribution in [0.2, 0.25) is 0 Å². The zero-order valence-corrected chi connectivity index (χ0v) is 39.4. The number of fused-ring (bicyclic) bond motifs is 6. The van der Waals surface area contributed by atoms with Crippen LogP contribution < -0.4 is 26.2 Å². The third-order valence-corrected chi connectivity index (χ3v) is 15.4. The lowest BCUT2D eigenvalue weighted by Gasteiger charge is -2.48. The molecule has 0 saturated carbocycles. The van der Waals surface area contributed by atoms with Gasteiger partial charge in [-0.3, -0.25) is 0 Å². The molecule has 0 radical (unpaired) electrons. The molecule has 10 rings (SSSR count). The van der Waals surface area contributed by atoms with Crippen LogP contribution in [0.3, 0.4) is 0 Å². The van der Waals surface area contributed by atoms with E-state index in [0.717, 1.165) is 6.42 Å². The average Bonchev–Trinajstić information content (AvgIpc) is 3.37. The van der Waals surface area contributed by atoms with Gasteiger partial charge in [0, 0.05) is 34.0 Å². The summed E-state index contributed by atoms with van der Waals surface area (Å²) >= 11 is 0. The maximum Gasteiger partial charge on any atom is 0.252 e. The molecule has 0 N–H and O–H groups in total. The molecule has 0 unspecified atom stereocenters. The number of benzene rings is 6. The van der Waals surface area contributed by atoms with Crippen molar-refractivity contribution in [3.8, 4) is 11.1 Å². The monoisotopic (exact) mass is 801 g/mol. The molecule has 3 heteroatoms. The molecule has 6 aromatic rings. The predicted molar refractivity (Wildman–Crippen MR) is 265 cm³/mol. The Bertz CT molecular complexity index is 2810. The van der Waals surface area contributed by atoms with Crippen molar-refractivity contribution in [3.05, 3.63) is 148 Å². The Hall–Kier alpha value is -5.02. The van der Waals surface area contributed by atoms with Crippen molar-refractivity contribution >= 4 is 57.2 Å². The van der Waals surface area contributed by atoms with Crippen molar-refractivity contribution < 1.29 is 0 Å². The third kappa shape index (κ3) is 6.03. The van der Waals surface area contributed by atoms with Crippen molar-refractivity contribution in [2.24, 2.45) is 0 Å². The van der Waals surface area contributed by atoms with E-state index in [1.807, 2.05) is 0 Å². The van der Waals surface area contributed by atoms with Gasteiger partial charge in [-0.2, -0.15) is 0 Å². The molecule has 2 aliphatic heterocycles. The third-order valence-electron chi connectivity index (χ3n) is 15.4. The maximum atomic E-state index is 2.68. The van der Waals surface area contributed by atoms with Crippen molar-refractivity contribution in [2.45, 2.75) is 143 Å². The molecule has 2 nitrogen and oxygen atoms in total. The van der Waals surface area contributed by atoms with Gasteiger partial charge in [0.05, 0.1) is 5.69 Å². The molecule has 310 valence electrons. The SMILES string of the molecule is Cc1ccc2c(c1)N(c1cc3c(cc1C)C(C)(C)CC3(C)C)c1cc(C)cc3c1B2c1cc2c(cc1N3c1ccc(C(C)(C)C)cc1-c1ccccc1)C(C)(C)CCC2(C)C. The minimum Gasteiger partial charge on any atom is -0.311 e. The van der Waals surface area contributed by atoms with Gasteiger partial charge >= 0.3 is 0 Å². The topological polar surface area (TPSA) is 6.48 Å². The van der Waals surface area contributed by atoms with Gasteiger partial charge in [-0.15, -0.1) is 0 Å². The van der Waals surface area contributed by atoms with E-state index >= 15 is 0 Å². The van der Waals surface area contributed by atoms with E-state index in [1.165, 1.54) is 119 Å². The van der Waals surface area contributed by atoms with Crippen molar-refractivity contribution in [3.63, 3.8) is 0 Å². The van der Waals surface area contributed by atoms with Gasteiger partial charge in [-0.25, -0.2) is 0 Å². The first-order valence-electron chi connectivity index (χ1n) is 23.0. The van der Waals surface area contributed by atoms with Gasteiger partial charge in [0.25, 0.3) is 6.71 Å². The van der Waals surface area contributed by atoms with E-state index < -0.39 is 0 Å². The van der Waals surface area contributed by atoms with E-state index in [1.54, 1.807) is 0 Å². The van der Waals surface area contributed by atoms with Gasteiger partial charge in [0.2, 0.25) is 0 Å². The molecule has 4 aliphatic rings. The summed E-state index contributed by atoms with van der Waals surface area (Å²) in [5, 5.41) is 0. The Kier molecular flexibility index (Phi) is 8.55. The first kappa shape index (κ1) is 40.1. The summed E-state index contributed by atoms with van der Waals surface area (Å²) in [6.45, 7) is 33.7. The van der Waals surface area contributed by atoms with Crippen LogP contribution >= 0.6 is 0 Å². The fourth-order valence-corrected chi connectivity index (χ4v) is 12.2. The Morgan fingerprint density at radius 2 is 1.02 bits per heavy atom. The fourth-order valence-electron chi connectivity index (χ4n) is 12.2. The number of rotatable bonds is 3. The number of nitrogens with zero attached hydrogens (tertiary/aromatic N) is 2. The Morgan fingerprint density at radius 1 is 0.475 bits per heavy atom. The summed E-state index contributed by atoms with van der Waals surface area (Å²) in [5.41, 5.74) is 26.1. The highest BCUT2D eigenvalue weighted by Crippen LogP contribution is 2.55.